The van der Waals surface area contributed by atoms with Crippen LogP contribution in [0, 0.1) is 13.8 Å². The monoisotopic (exact) mass is 1050 g/mol. The van der Waals surface area contributed by atoms with Crippen molar-refractivity contribution in [2.24, 2.45) is 0 Å². The first kappa shape index (κ1) is 47.6. The number of halogens is 6. The third-order valence-electron chi connectivity index (χ3n) is 8.11. The van der Waals surface area contributed by atoms with Gasteiger partial charge >= 0.3 is 0 Å². The Morgan fingerprint density at radius 1 is 0.661 bits per heavy atom. The van der Waals surface area contributed by atoms with Crippen molar-refractivity contribution >= 4 is 119 Å². The number of anilines is 2. The van der Waals surface area contributed by atoms with Crippen molar-refractivity contribution in [1.29, 1.82) is 0 Å². The van der Waals surface area contributed by atoms with Gasteiger partial charge in [-0.2, -0.15) is 10.2 Å². The molecule has 0 aliphatic rings. The number of rotatable bonds is 12. The highest BCUT2D eigenvalue weighted by Gasteiger charge is 2.24. The maximum absolute atomic E-state index is 13.2. The average molecular weight is 1060 g/mol. The Labute approximate surface area is 389 Å². The summed E-state index contributed by atoms with van der Waals surface area (Å²) in [6.45, 7) is 3.00. The second kappa shape index (κ2) is 21.6. The molecule has 0 aliphatic heterocycles. The molecule has 0 bridgehead atoms. The van der Waals surface area contributed by atoms with Crippen LogP contribution in [0.2, 0.25) is 20.1 Å². The Hall–Kier alpha value is -5.45. The van der Waals surface area contributed by atoms with Crippen molar-refractivity contribution in [3.05, 3.63) is 136 Å². The molecule has 0 radical (unpaired) electrons. The fourth-order valence-corrected chi connectivity index (χ4v) is 7.09. The predicted molar refractivity (Wildman–Crippen MR) is 238 cm³/mol. The molecular formula is C38H31Br2Cl4N11O7. The van der Waals surface area contributed by atoms with E-state index in [-0.39, 0.29) is 62.2 Å². The van der Waals surface area contributed by atoms with Gasteiger partial charge in [-0.15, -0.1) is 0 Å². The number of likely N-dealkylation sites (N-methyl/N-ethyl adjacent to an activating group) is 1. The van der Waals surface area contributed by atoms with Gasteiger partial charge in [0.2, 0.25) is 5.91 Å². The van der Waals surface area contributed by atoms with Crippen LogP contribution in [-0.2, 0) is 14.5 Å². The first-order valence-corrected chi connectivity index (χ1v) is 20.5. The van der Waals surface area contributed by atoms with Crippen LogP contribution in [0.1, 0.15) is 52.8 Å². The molecule has 5 amide bonds. The molecule has 0 unspecified atom stereocenters. The van der Waals surface area contributed by atoms with Crippen LogP contribution in [0.4, 0.5) is 11.4 Å². The van der Waals surface area contributed by atoms with Gasteiger partial charge in [-0.3, -0.25) is 33.6 Å². The molecular weight excluding hydrogens is 1020 g/mol. The molecule has 6 aromatic rings. The van der Waals surface area contributed by atoms with Gasteiger partial charge < -0.3 is 16.0 Å². The standard InChI is InChI=1S/C20H17BrCl2N6O4.C18H14BrCl2N5O3/c1-10-6-11(22)7-12(19(31)28-33-9-16(30)24-2)17(10)26-20(32)14-8-15(21)27-29(14)18-13(23)4-3-5-25-18;1-9-6-10(20)7-11(17(27)25-29-2)15(9)23-18(28)13-8-14(19)24-26(13)16-12(21)4-3-5-22-16/h3-8H,9H2,1-2H3,(H,24,30)(H,26,32)(H,28,31);3-8H,1-2H3,(H,23,28)(H,25,27). The van der Waals surface area contributed by atoms with Crippen molar-refractivity contribution in [1.82, 2.24) is 45.8 Å². The first-order chi connectivity index (χ1) is 29.5. The zero-order chi connectivity index (χ0) is 45.2. The maximum atomic E-state index is 13.2. The highest BCUT2D eigenvalue weighted by atomic mass is 79.9. The lowest BCUT2D eigenvalue weighted by Crippen LogP contribution is -2.31. The summed E-state index contributed by atoms with van der Waals surface area (Å²) in [6, 6.07) is 15.6. The fourth-order valence-electron chi connectivity index (χ4n) is 5.39. The van der Waals surface area contributed by atoms with Gasteiger partial charge in [0.1, 0.15) is 20.6 Å². The van der Waals surface area contributed by atoms with E-state index < -0.39 is 29.5 Å². The molecule has 4 heterocycles. The summed E-state index contributed by atoms with van der Waals surface area (Å²) in [5.41, 5.74) is 6.41. The van der Waals surface area contributed by atoms with Crippen LogP contribution in [-0.4, -0.2) is 79.8 Å². The van der Waals surface area contributed by atoms with Crippen LogP contribution >= 0.6 is 78.3 Å². The third kappa shape index (κ3) is 11.7. The Bertz CT molecular complexity index is 2700. The number of hydrogen-bond acceptors (Lipinski definition) is 11. The van der Waals surface area contributed by atoms with Gasteiger partial charge in [0.25, 0.3) is 23.6 Å². The summed E-state index contributed by atoms with van der Waals surface area (Å²) in [7, 11) is 2.74. The highest BCUT2D eigenvalue weighted by molar-refractivity contribution is 9.10. The number of carbonyl (C=O) groups is 5. The minimum absolute atomic E-state index is 0.0336. The molecule has 322 valence electrons. The number of nitrogens with one attached hydrogen (secondary N) is 5. The Morgan fingerprint density at radius 2 is 1.10 bits per heavy atom. The lowest BCUT2D eigenvalue weighted by molar-refractivity contribution is -0.126. The van der Waals surface area contributed by atoms with E-state index >= 15 is 0 Å². The molecule has 0 aliphatic carbocycles. The van der Waals surface area contributed by atoms with Gasteiger partial charge in [0.05, 0.1) is 39.7 Å². The molecule has 6 rings (SSSR count). The van der Waals surface area contributed by atoms with Crippen LogP contribution in [0.5, 0.6) is 0 Å². The van der Waals surface area contributed by atoms with Gasteiger partial charge in [-0.05, 0) is 105 Å². The molecule has 24 heteroatoms. The Balaban J connectivity index is 0.000000236. The number of pyridine rings is 2. The number of carbonyl (C=O) groups excluding carboxylic acids is 5. The lowest BCUT2D eigenvalue weighted by atomic mass is 10.1. The average Bonchev–Trinajstić information content (AvgIpc) is 3.82. The summed E-state index contributed by atoms with van der Waals surface area (Å²) >= 11 is 31.1. The number of hydroxylamine groups is 2. The fraction of sp³-hybridized carbons (Fsp3) is 0.132. The number of aryl methyl sites for hydroxylation is 2. The lowest BCUT2D eigenvalue weighted by Gasteiger charge is -2.15. The third-order valence-corrected chi connectivity index (χ3v) is 9.91. The predicted octanol–water partition coefficient (Wildman–Crippen LogP) is 7.49. The molecule has 0 saturated heterocycles. The molecule has 2 aromatic carbocycles. The van der Waals surface area contributed by atoms with Gasteiger partial charge in [-0.25, -0.2) is 30.3 Å². The number of hydrogen-bond donors (Lipinski definition) is 5. The van der Waals surface area contributed by atoms with Crippen molar-refractivity contribution in [3.8, 4) is 11.6 Å². The number of amides is 5. The van der Waals surface area contributed by atoms with Crippen molar-refractivity contribution in [2.45, 2.75) is 13.8 Å². The van der Waals surface area contributed by atoms with Crippen LogP contribution in [0.3, 0.4) is 0 Å². The SMILES string of the molecule is CNC(=O)CONC(=O)c1cc(Cl)cc(C)c1NC(=O)c1cc(Br)nn1-c1ncccc1Cl.CONC(=O)c1cc(Cl)cc(C)c1NC(=O)c1cc(Br)nn1-c1ncccc1Cl. The number of nitrogens with zero attached hydrogens (tertiary/aromatic N) is 6. The Kier molecular flexibility index (Phi) is 16.6. The van der Waals surface area contributed by atoms with E-state index in [1.165, 1.54) is 60.2 Å². The van der Waals surface area contributed by atoms with Crippen molar-refractivity contribution < 1.29 is 33.6 Å². The minimum atomic E-state index is -0.706. The summed E-state index contributed by atoms with van der Waals surface area (Å²) in [6.07, 6.45) is 3.05. The zero-order valence-electron chi connectivity index (χ0n) is 32.4. The summed E-state index contributed by atoms with van der Waals surface area (Å²) < 4.78 is 3.37. The highest BCUT2D eigenvalue weighted by Crippen LogP contribution is 2.30. The molecule has 0 spiro atoms. The minimum Gasteiger partial charge on any atom is -0.357 e. The van der Waals surface area contributed by atoms with E-state index in [0.717, 1.165) is 0 Å². The topological polar surface area (TPSA) is 225 Å². The number of aromatic nitrogens is 6. The van der Waals surface area contributed by atoms with Gasteiger partial charge in [0.15, 0.2) is 18.2 Å². The second-order valence-corrected chi connectivity index (χ2v) is 15.7. The zero-order valence-corrected chi connectivity index (χ0v) is 38.6. The van der Waals surface area contributed by atoms with Crippen LogP contribution < -0.4 is 26.9 Å². The molecule has 5 N–H and O–H groups in total. The van der Waals surface area contributed by atoms with E-state index in [1.807, 2.05) is 0 Å². The number of benzene rings is 2. The summed E-state index contributed by atoms with van der Waals surface area (Å²) in [5.74, 6) is -2.27. The second-order valence-electron chi connectivity index (χ2n) is 12.4. The van der Waals surface area contributed by atoms with E-state index in [4.69, 9.17) is 51.2 Å². The van der Waals surface area contributed by atoms with E-state index in [0.29, 0.717) is 30.4 Å². The molecule has 0 saturated carbocycles. The van der Waals surface area contributed by atoms with E-state index in [9.17, 15) is 24.0 Å². The maximum Gasteiger partial charge on any atom is 0.277 e. The largest absolute Gasteiger partial charge is 0.357 e. The Morgan fingerprint density at radius 3 is 1.50 bits per heavy atom. The molecule has 18 nitrogen and oxygen atoms in total. The van der Waals surface area contributed by atoms with Crippen LogP contribution in [0.15, 0.2) is 82.3 Å². The quantitative estimate of drug-likeness (QED) is 0.0755. The normalized spacial score (nSPS) is 10.6. The van der Waals surface area contributed by atoms with E-state index in [2.05, 4.69) is 83.8 Å². The van der Waals surface area contributed by atoms with Gasteiger partial charge in [0, 0.05) is 41.6 Å². The van der Waals surface area contributed by atoms with E-state index in [1.54, 1.807) is 50.2 Å². The first-order valence-electron chi connectivity index (χ1n) is 17.4. The molecule has 62 heavy (non-hydrogen) atoms. The van der Waals surface area contributed by atoms with Gasteiger partial charge in [-0.1, -0.05) is 46.4 Å². The molecule has 4 aromatic heterocycles. The van der Waals surface area contributed by atoms with Crippen LogP contribution in [0.25, 0.3) is 11.6 Å². The summed E-state index contributed by atoms with van der Waals surface area (Å²) in [5, 5.41) is 17.5. The molecule has 0 atom stereocenters. The van der Waals surface area contributed by atoms with Crippen molar-refractivity contribution in [2.75, 3.05) is 31.4 Å². The summed E-state index contributed by atoms with van der Waals surface area (Å²) in [4.78, 5) is 80.4. The van der Waals surface area contributed by atoms with Crippen molar-refractivity contribution in [3.63, 3.8) is 0 Å². The smallest absolute Gasteiger partial charge is 0.277 e. The molecule has 0 fully saturated rings.